The van der Waals surface area contributed by atoms with Crippen molar-refractivity contribution in [1.29, 1.82) is 0 Å². The molecule has 9 heteroatoms. The molecule has 0 saturated carbocycles. The zero-order valence-electron chi connectivity index (χ0n) is 12.3. The number of carboxylic acids is 1. The maximum absolute atomic E-state index is 13.4. The third-order valence-electron chi connectivity index (χ3n) is 3.26. The van der Waals surface area contributed by atoms with Crippen LogP contribution in [0.4, 0.5) is 18.9 Å². The standard InChI is InChI=1S/C15H9F3N2O2S.K/c16-15(17,18)8-6-9(7-4-2-1-3-5-7)20-13-10(8)11(19)12(23-13)14(21)22;/h1-6H,19H2,(H,21,22);/q;+1/p-1. The molecule has 2 N–H and O–H groups in total. The first-order valence-corrected chi connectivity index (χ1v) is 7.17. The Balaban J connectivity index is 0.00000208. The van der Waals surface area contributed by atoms with Crippen molar-refractivity contribution >= 4 is 33.2 Å². The summed E-state index contributed by atoms with van der Waals surface area (Å²) in [6, 6.07) is 9.17. The largest absolute Gasteiger partial charge is 1.00 e. The van der Waals surface area contributed by atoms with E-state index in [4.69, 9.17) is 5.73 Å². The van der Waals surface area contributed by atoms with Gasteiger partial charge in [-0.3, -0.25) is 0 Å². The Bertz CT molecular complexity index is 910. The summed E-state index contributed by atoms with van der Waals surface area (Å²) in [6.45, 7) is 0. The third-order valence-corrected chi connectivity index (χ3v) is 4.34. The minimum Gasteiger partial charge on any atom is -0.544 e. The Hall–Kier alpha value is -0.974. The topological polar surface area (TPSA) is 79.0 Å². The fraction of sp³-hybridized carbons (Fsp3) is 0.0667. The number of nitrogen functional groups attached to an aromatic ring is 1. The average Bonchev–Trinajstić information content (AvgIpc) is 2.84. The van der Waals surface area contributed by atoms with Gasteiger partial charge in [0.2, 0.25) is 0 Å². The summed E-state index contributed by atoms with van der Waals surface area (Å²) in [7, 11) is 0. The first-order valence-electron chi connectivity index (χ1n) is 6.36. The summed E-state index contributed by atoms with van der Waals surface area (Å²) < 4.78 is 40.1. The Morgan fingerprint density at radius 3 is 2.38 bits per heavy atom. The van der Waals surface area contributed by atoms with Crippen LogP contribution < -0.4 is 62.2 Å². The van der Waals surface area contributed by atoms with Crippen LogP contribution in [0.5, 0.6) is 0 Å². The van der Waals surface area contributed by atoms with Crippen molar-refractivity contribution in [2.24, 2.45) is 0 Å². The Morgan fingerprint density at radius 1 is 1.21 bits per heavy atom. The number of carbonyl (C=O) groups is 1. The van der Waals surface area contributed by atoms with Crippen molar-refractivity contribution in [2.45, 2.75) is 6.18 Å². The number of fused-ring (bicyclic) bond motifs is 1. The summed E-state index contributed by atoms with van der Waals surface area (Å²) in [4.78, 5) is 14.6. The molecule has 0 bridgehead atoms. The van der Waals surface area contributed by atoms with Crippen LogP contribution in [0.3, 0.4) is 0 Å². The van der Waals surface area contributed by atoms with Gasteiger partial charge < -0.3 is 15.6 Å². The quantitative estimate of drug-likeness (QED) is 0.635. The fourth-order valence-corrected chi connectivity index (χ4v) is 3.21. The number of carboxylic acid groups (broad SMARTS) is 1. The second kappa shape index (κ2) is 7.10. The molecule has 0 amide bonds. The molecule has 3 aromatic rings. The smallest absolute Gasteiger partial charge is 0.544 e. The molecule has 0 radical (unpaired) electrons. The van der Waals surface area contributed by atoms with Crippen molar-refractivity contribution in [3.63, 3.8) is 0 Å². The van der Waals surface area contributed by atoms with Gasteiger partial charge in [0, 0.05) is 10.9 Å². The average molecular weight is 376 g/mol. The van der Waals surface area contributed by atoms with E-state index in [1.807, 2.05) is 0 Å². The van der Waals surface area contributed by atoms with Gasteiger partial charge in [-0.15, -0.1) is 11.3 Å². The Morgan fingerprint density at radius 2 is 1.83 bits per heavy atom. The summed E-state index contributed by atoms with van der Waals surface area (Å²) in [6.07, 6.45) is -4.69. The molecule has 0 unspecified atom stereocenters. The number of nitrogens with two attached hydrogens (primary N) is 1. The van der Waals surface area contributed by atoms with Gasteiger partial charge in [-0.05, 0) is 6.07 Å². The molecular weight excluding hydrogens is 368 g/mol. The van der Waals surface area contributed by atoms with E-state index >= 15 is 0 Å². The predicted octanol–water partition coefficient (Wildman–Crippen LogP) is -0.0682. The fourth-order valence-electron chi connectivity index (χ4n) is 2.25. The number of aromatic nitrogens is 1. The van der Waals surface area contributed by atoms with Gasteiger partial charge in [-0.25, -0.2) is 4.98 Å². The first-order chi connectivity index (χ1) is 10.8. The van der Waals surface area contributed by atoms with Crippen LogP contribution in [0.15, 0.2) is 36.4 Å². The number of halogens is 3. The van der Waals surface area contributed by atoms with Gasteiger partial charge in [-0.2, -0.15) is 13.2 Å². The number of carbonyl (C=O) groups excluding carboxylic acids is 1. The molecule has 0 fully saturated rings. The van der Waals surface area contributed by atoms with E-state index in [0.29, 0.717) is 16.9 Å². The van der Waals surface area contributed by atoms with Gasteiger partial charge in [0.25, 0.3) is 0 Å². The minimum atomic E-state index is -4.69. The molecular formula is C15H8F3KN2O2S. The Labute approximate surface area is 180 Å². The SMILES string of the molecule is Nc1c(C(=O)[O-])sc2nc(-c3ccccc3)cc(C(F)(F)F)c12.[K+]. The molecule has 2 heterocycles. The zero-order valence-corrected chi connectivity index (χ0v) is 16.3. The number of rotatable bonds is 2. The zero-order chi connectivity index (χ0) is 16.8. The van der Waals surface area contributed by atoms with E-state index in [-0.39, 0.29) is 61.9 Å². The molecule has 0 aliphatic rings. The molecule has 0 atom stereocenters. The number of nitrogens with zero attached hydrogens (tertiary/aromatic N) is 1. The van der Waals surface area contributed by atoms with Crippen LogP contribution in [0.1, 0.15) is 15.2 Å². The number of aromatic carboxylic acids is 1. The van der Waals surface area contributed by atoms with E-state index in [9.17, 15) is 23.1 Å². The first kappa shape index (κ1) is 19.4. The number of alkyl halides is 3. The van der Waals surface area contributed by atoms with Crippen LogP contribution in [0.25, 0.3) is 21.5 Å². The molecule has 1 aromatic carbocycles. The van der Waals surface area contributed by atoms with E-state index < -0.39 is 33.7 Å². The minimum absolute atomic E-state index is 0. The number of thiophene rings is 1. The maximum atomic E-state index is 13.4. The van der Waals surface area contributed by atoms with Gasteiger partial charge in [0.1, 0.15) is 4.83 Å². The number of hydrogen-bond donors (Lipinski definition) is 1. The number of hydrogen-bond acceptors (Lipinski definition) is 5. The maximum Gasteiger partial charge on any atom is 1.00 e. The van der Waals surface area contributed by atoms with Crippen LogP contribution in [0.2, 0.25) is 0 Å². The van der Waals surface area contributed by atoms with Gasteiger partial charge in [0.15, 0.2) is 0 Å². The summed E-state index contributed by atoms with van der Waals surface area (Å²) in [5.41, 5.74) is 4.68. The molecule has 0 aliphatic carbocycles. The van der Waals surface area contributed by atoms with E-state index in [1.54, 1.807) is 30.3 Å². The predicted molar refractivity (Wildman–Crippen MR) is 78.8 cm³/mol. The summed E-state index contributed by atoms with van der Waals surface area (Å²) >= 11 is 0.573. The van der Waals surface area contributed by atoms with Gasteiger partial charge in [0.05, 0.1) is 27.8 Å². The molecule has 0 aliphatic heterocycles. The van der Waals surface area contributed by atoms with Gasteiger partial charge in [-0.1, -0.05) is 30.3 Å². The monoisotopic (exact) mass is 376 g/mol. The van der Waals surface area contributed by atoms with Crippen molar-refractivity contribution in [3.05, 3.63) is 46.8 Å². The normalized spacial score (nSPS) is 11.3. The molecule has 0 spiro atoms. The second-order valence-corrected chi connectivity index (χ2v) is 5.73. The van der Waals surface area contributed by atoms with Crippen LogP contribution in [-0.4, -0.2) is 11.0 Å². The van der Waals surface area contributed by atoms with E-state index in [2.05, 4.69) is 4.98 Å². The van der Waals surface area contributed by atoms with Crippen LogP contribution >= 0.6 is 11.3 Å². The third kappa shape index (κ3) is 3.51. The molecule has 0 saturated heterocycles. The molecule has 118 valence electrons. The second-order valence-electron chi connectivity index (χ2n) is 4.73. The van der Waals surface area contributed by atoms with Crippen LogP contribution in [0, 0.1) is 0 Å². The van der Waals surface area contributed by atoms with Crippen molar-refractivity contribution < 1.29 is 74.5 Å². The molecule has 3 rings (SSSR count). The van der Waals surface area contributed by atoms with Crippen molar-refractivity contribution in [1.82, 2.24) is 4.98 Å². The van der Waals surface area contributed by atoms with E-state index in [0.717, 1.165) is 6.07 Å². The van der Waals surface area contributed by atoms with Crippen molar-refractivity contribution in [3.8, 4) is 11.3 Å². The number of pyridine rings is 1. The number of anilines is 1. The van der Waals surface area contributed by atoms with Gasteiger partial charge >= 0.3 is 57.6 Å². The molecule has 2 aromatic heterocycles. The Kier molecular flexibility index (Phi) is 5.73. The molecule has 24 heavy (non-hydrogen) atoms. The van der Waals surface area contributed by atoms with Crippen LogP contribution in [-0.2, 0) is 6.18 Å². The molecule has 4 nitrogen and oxygen atoms in total. The van der Waals surface area contributed by atoms with Crippen molar-refractivity contribution in [2.75, 3.05) is 5.73 Å². The van der Waals surface area contributed by atoms with E-state index in [1.165, 1.54) is 0 Å². The summed E-state index contributed by atoms with van der Waals surface area (Å²) in [5, 5.41) is 10.6. The number of benzene rings is 1. The summed E-state index contributed by atoms with van der Waals surface area (Å²) in [5.74, 6) is -1.63.